The summed E-state index contributed by atoms with van der Waals surface area (Å²) in [5, 5.41) is 4.04. The number of hydrogen-bond acceptors (Lipinski definition) is 4. The first-order valence-electron chi connectivity index (χ1n) is 11.5. The highest BCUT2D eigenvalue weighted by Gasteiger charge is 2.38. The fourth-order valence-electron chi connectivity index (χ4n) is 5.68. The maximum absolute atomic E-state index is 13.0. The van der Waals surface area contributed by atoms with Gasteiger partial charge < -0.3 is 10.1 Å². The molecule has 4 rings (SSSR count). The van der Waals surface area contributed by atoms with Gasteiger partial charge in [0.25, 0.3) is 0 Å². The van der Waals surface area contributed by atoms with E-state index in [-0.39, 0.29) is 22.6 Å². The van der Waals surface area contributed by atoms with Crippen LogP contribution in [0.4, 0.5) is 0 Å². The van der Waals surface area contributed by atoms with Gasteiger partial charge in [0.15, 0.2) is 11.6 Å². The first-order chi connectivity index (χ1) is 15.0. The molecule has 2 aliphatic rings. The van der Waals surface area contributed by atoms with Crippen molar-refractivity contribution >= 4 is 23.2 Å². The van der Waals surface area contributed by atoms with Gasteiger partial charge in [-0.3, -0.25) is 9.59 Å². The lowest BCUT2D eigenvalue weighted by molar-refractivity contribution is 0.0863. The van der Waals surface area contributed by atoms with Crippen LogP contribution >= 0.6 is 11.6 Å². The molecule has 1 aliphatic heterocycles. The molecular formula is C27H32ClNO3. The van der Waals surface area contributed by atoms with E-state index in [4.69, 9.17) is 16.3 Å². The van der Waals surface area contributed by atoms with Gasteiger partial charge in [0.2, 0.25) is 0 Å². The summed E-state index contributed by atoms with van der Waals surface area (Å²) < 4.78 is 6.04. The Bertz CT molecular complexity index is 1040. The minimum atomic E-state index is 0.00823. The molecule has 0 amide bonds. The summed E-state index contributed by atoms with van der Waals surface area (Å²) in [4.78, 5) is 25.5. The fourth-order valence-corrected chi connectivity index (χ4v) is 5.90. The van der Waals surface area contributed by atoms with Crippen molar-refractivity contribution in [2.45, 2.75) is 77.3 Å². The van der Waals surface area contributed by atoms with Gasteiger partial charge in [-0.2, -0.15) is 0 Å². The van der Waals surface area contributed by atoms with Crippen LogP contribution in [-0.4, -0.2) is 22.6 Å². The van der Waals surface area contributed by atoms with E-state index in [0.29, 0.717) is 46.4 Å². The van der Waals surface area contributed by atoms with Gasteiger partial charge >= 0.3 is 0 Å². The number of ether oxygens (including phenoxy) is 1. The van der Waals surface area contributed by atoms with Crippen LogP contribution in [0, 0.1) is 5.92 Å². The van der Waals surface area contributed by atoms with Crippen molar-refractivity contribution in [3.8, 4) is 11.5 Å². The highest BCUT2D eigenvalue weighted by molar-refractivity contribution is 6.32. The number of benzene rings is 2. The molecule has 0 unspecified atom stereocenters. The number of aryl methyl sites for hydroxylation is 1. The lowest BCUT2D eigenvalue weighted by Crippen LogP contribution is -2.57. The summed E-state index contributed by atoms with van der Waals surface area (Å²) >= 11 is 6.50. The second kappa shape index (κ2) is 8.64. The summed E-state index contributed by atoms with van der Waals surface area (Å²) in [6.07, 6.45) is 4.72. The number of nitrogens with one attached hydrogen (secondary N) is 1. The number of carbonyl (C=O) groups is 2. The maximum Gasteiger partial charge on any atom is 0.166 e. The Morgan fingerprint density at radius 3 is 2.47 bits per heavy atom. The Morgan fingerprint density at radius 2 is 1.78 bits per heavy atom. The fraction of sp³-hybridized carbons (Fsp3) is 0.481. The van der Waals surface area contributed by atoms with E-state index in [9.17, 15) is 9.59 Å². The third kappa shape index (κ3) is 5.07. The average Bonchev–Trinajstić information content (AvgIpc) is 2.67. The molecule has 4 nitrogen and oxygen atoms in total. The molecule has 2 aromatic rings. The van der Waals surface area contributed by atoms with Crippen molar-refractivity contribution in [1.82, 2.24) is 5.32 Å². The van der Waals surface area contributed by atoms with Crippen molar-refractivity contribution in [3.63, 3.8) is 0 Å². The topological polar surface area (TPSA) is 55.4 Å². The number of ketones is 2. The van der Waals surface area contributed by atoms with E-state index in [0.717, 1.165) is 31.2 Å². The predicted molar refractivity (Wildman–Crippen MR) is 128 cm³/mol. The highest BCUT2D eigenvalue weighted by atomic mass is 35.5. The Morgan fingerprint density at radius 1 is 1.06 bits per heavy atom. The molecule has 1 N–H and O–H groups in total. The standard InChI is InChI=1S/C27H32ClNO3/c1-26(2)15-17(16-27(3,4)29-26)13-22(31)19-11-12-23(20(28)14-19)32-24-10-6-8-18-7-5-9-21(30)25(18)24/h6,8,10-12,14,17,29H,5,7,9,13,15-16H2,1-4H3. The van der Waals surface area contributed by atoms with Crippen LogP contribution < -0.4 is 10.1 Å². The zero-order valence-corrected chi connectivity index (χ0v) is 20.1. The number of hydrogen-bond donors (Lipinski definition) is 1. The number of Topliss-reactive ketones (excluding diaryl/α,β-unsaturated/α-hetero) is 2. The molecule has 170 valence electrons. The second-order valence-electron chi connectivity index (χ2n) is 10.6. The van der Waals surface area contributed by atoms with Gasteiger partial charge in [0.05, 0.1) is 10.6 Å². The van der Waals surface area contributed by atoms with Gasteiger partial charge in [-0.15, -0.1) is 0 Å². The van der Waals surface area contributed by atoms with Crippen LogP contribution in [0.2, 0.25) is 5.02 Å². The minimum Gasteiger partial charge on any atom is -0.455 e. The number of carbonyl (C=O) groups excluding carboxylic acids is 2. The lowest BCUT2D eigenvalue weighted by Gasteiger charge is -2.46. The van der Waals surface area contributed by atoms with Gasteiger partial charge in [-0.05, 0) is 89.1 Å². The van der Waals surface area contributed by atoms with Gasteiger partial charge in [-0.1, -0.05) is 23.7 Å². The summed E-state index contributed by atoms with van der Waals surface area (Å²) in [5.41, 5.74) is 2.30. The molecule has 1 fully saturated rings. The summed E-state index contributed by atoms with van der Waals surface area (Å²) in [5.74, 6) is 1.53. The second-order valence-corrected chi connectivity index (χ2v) is 11.0. The zero-order valence-electron chi connectivity index (χ0n) is 19.4. The summed E-state index contributed by atoms with van der Waals surface area (Å²) in [6, 6.07) is 10.9. The van der Waals surface area contributed by atoms with Gasteiger partial charge in [-0.25, -0.2) is 0 Å². The molecule has 0 radical (unpaired) electrons. The van der Waals surface area contributed by atoms with Crippen molar-refractivity contribution in [2.75, 3.05) is 0 Å². The first kappa shape index (κ1) is 23.0. The van der Waals surface area contributed by atoms with Crippen molar-refractivity contribution < 1.29 is 14.3 Å². The van der Waals surface area contributed by atoms with E-state index in [2.05, 4.69) is 33.0 Å². The van der Waals surface area contributed by atoms with Crippen LogP contribution in [-0.2, 0) is 6.42 Å². The van der Waals surface area contributed by atoms with E-state index in [1.54, 1.807) is 24.3 Å². The molecule has 32 heavy (non-hydrogen) atoms. The molecule has 0 spiro atoms. The smallest absolute Gasteiger partial charge is 0.166 e. The average molecular weight is 454 g/mol. The summed E-state index contributed by atoms with van der Waals surface area (Å²) in [7, 11) is 0. The normalized spacial score (nSPS) is 20.0. The maximum atomic E-state index is 13.0. The molecule has 1 heterocycles. The number of fused-ring (bicyclic) bond motifs is 1. The molecule has 0 bridgehead atoms. The van der Waals surface area contributed by atoms with Gasteiger partial charge in [0.1, 0.15) is 11.5 Å². The van der Waals surface area contributed by atoms with E-state index < -0.39 is 0 Å². The van der Waals surface area contributed by atoms with E-state index >= 15 is 0 Å². The monoisotopic (exact) mass is 453 g/mol. The largest absolute Gasteiger partial charge is 0.455 e. The first-order valence-corrected chi connectivity index (χ1v) is 11.9. The molecule has 1 aliphatic carbocycles. The lowest BCUT2D eigenvalue weighted by atomic mass is 9.74. The SMILES string of the molecule is CC1(C)CC(CC(=O)c2ccc(Oc3cccc4c3C(=O)CCC4)c(Cl)c2)CC(C)(C)N1. The van der Waals surface area contributed by atoms with E-state index in [1.165, 1.54) is 0 Å². The molecule has 2 aromatic carbocycles. The molecular weight excluding hydrogens is 422 g/mol. The third-order valence-electron chi connectivity index (χ3n) is 6.46. The molecule has 0 atom stereocenters. The zero-order chi connectivity index (χ0) is 23.1. The summed E-state index contributed by atoms with van der Waals surface area (Å²) in [6.45, 7) is 8.78. The van der Waals surface area contributed by atoms with Crippen molar-refractivity contribution in [1.29, 1.82) is 0 Å². The molecule has 0 aromatic heterocycles. The van der Waals surface area contributed by atoms with Crippen LogP contribution in [0.1, 0.15) is 86.1 Å². The van der Waals surface area contributed by atoms with Crippen LogP contribution in [0.5, 0.6) is 11.5 Å². The van der Waals surface area contributed by atoms with Crippen molar-refractivity contribution in [3.05, 3.63) is 58.1 Å². The van der Waals surface area contributed by atoms with Crippen molar-refractivity contribution in [2.24, 2.45) is 5.92 Å². The van der Waals surface area contributed by atoms with E-state index in [1.807, 2.05) is 12.1 Å². The van der Waals surface area contributed by atoms with Gasteiger partial charge in [0, 0.05) is 29.5 Å². The molecule has 1 saturated heterocycles. The predicted octanol–water partition coefficient (Wildman–Crippen LogP) is 6.78. The number of piperidine rings is 1. The minimum absolute atomic E-state index is 0.00823. The Kier molecular flexibility index (Phi) is 6.21. The molecule has 5 heteroatoms. The third-order valence-corrected chi connectivity index (χ3v) is 6.76. The number of halogens is 1. The van der Waals surface area contributed by atoms with Crippen LogP contribution in [0.15, 0.2) is 36.4 Å². The quantitative estimate of drug-likeness (QED) is 0.507. The van der Waals surface area contributed by atoms with Crippen LogP contribution in [0.3, 0.4) is 0 Å². The van der Waals surface area contributed by atoms with Crippen LogP contribution in [0.25, 0.3) is 0 Å². The Hall–Kier alpha value is -2.17. The highest BCUT2D eigenvalue weighted by Crippen LogP contribution is 2.38. The Balaban J connectivity index is 1.50. The molecule has 0 saturated carbocycles. The number of rotatable bonds is 5. The Labute approximate surface area is 195 Å².